The van der Waals surface area contributed by atoms with Gasteiger partial charge in [0.15, 0.2) is 6.61 Å². The van der Waals surface area contributed by atoms with Gasteiger partial charge in [-0.25, -0.2) is 0 Å². The molecule has 1 aliphatic carbocycles. The van der Waals surface area contributed by atoms with Gasteiger partial charge in [-0.05, 0) is 30.5 Å². The smallest absolute Gasteiger partial charge is 0.310 e. The predicted octanol–water partition coefficient (Wildman–Crippen LogP) is 2.59. The molecule has 0 bridgehead atoms. The molecule has 1 fully saturated rings. The molecule has 1 aromatic carbocycles. The number of esters is 1. The van der Waals surface area contributed by atoms with E-state index in [1.165, 1.54) is 0 Å². The van der Waals surface area contributed by atoms with Gasteiger partial charge in [-0.3, -0.25) is 9.59 Å². The Bertz CT molecular complexity index is 467. The van der Waals surface area contributed by atoms with Gasteiger partial charge in [-0.1, -0.05) is 40.9 Å². The van der Waals surface area contributed by atoms with E-state index in [0.29, 0.717) is 0 Å². The number of ether oxygens (including phenoxy) is 1. The Hall–Kier alpha value is -1.36. The molecule has 4 nitrogen and oxygen atoms in total. The highest BCUT2D eigenvalue weighted by atomic mass is 79.9. The molecule has 0 aliphatic heterocycles. The molecule has 0 unspecified atom stereocenters. The van der Waals surface area contributed by atoms with E-state index >= 15 is 0 Å². The molecular formula is C15H18BrNO3. The first kappa shape index (κ1) is 15.0. The van der Waals surface area contributed by atoms with E-state index in [0.717, 1.165) is 35.7 Å². The number of halogens is 1. The van der Waals surface area contributed by atoms with E-state index in [4.69, 9.17) is 4.74 Å². The molecule has 2 rings (SSSR count). The fourth-order valence-electron chi connectivity index (χ4n) is 2.31. The second-order valence-electron chi connectivity index (χ2n) is 5.01. The van der Waals surface area contributed by atoms with Crippen molar-refractivity contribution in [2.24, 2.45) is 0 Å². The van der Waals surface area contributed by atoms with Gasteiger partial charge in [0.05, 0.1) is 6.42 Å². The summed E-state index contributed by atoms with van der Waals surface area (Å²) in [5.41, 5.74) is 0.870. The molecule has 1 N–H and O–H groups in total. The second kappa shape index (κ2) is 7.43. The molecule has 1 aliphatic rings. The van der Waals surface area contributed by atoms with E-state index in [2.05, 4.69) is 21.2 Å². The van der Waals surface area contributed by atoms with Crippen LogP contribution in [0.1, 0.15) is 31.2 Å². The number of nitrogens with one attached hydrogen (secondary N) is 1. The van der Waals surface area contributed by atoms with Gasteiger partial charge >= 0.3 is 5.97 Å². The van der Waals surface area contributed by atoms with Crippen LogP contribution < -0.4 is 5.32 Å². The summed E-state index contributed by atoms with van der Waals surface area (Å²) in [7, 11) is 0. The Balaban J connectivity index is 1.69. The number of carbonyl (C=O) groups excluding carboxylic acids is 2. The molecule has 0 aromatic heterocycles. The first-order chi connectivity index (χ1) is 9.63. The van der Waals surface area contributed by atoms with Crippen LogP contribution >= 0.6 is 15.9 Å². The van der Waals surface area contributed by atoms with Gasteiger partial charge in [0, 0.05) is 10.5 Å². The van der Waals surface area contributed by atoms with Gasteiger partial charge in [-0.2, -0.15) is 0 Å². The van der Waals surface area contributed by atoms with Crippen molar-refractivity contribution in [1.29, 1.82) is 0 Å². The lowest BCUT2D eigenvalue weighted by Crippen LogP contribution is -2.36. The Morgan fingerprint density at radius 1 is 1.20 bits per heavy atom. The lowest BCUT2D eigenvalue weighted by Gasteiger charge is -2.11. The van der Waals surface area contributed by atoms with E-state index in [1.807, 2.05) is 24.3 Å². The normalized spacial score (nSPS) is 15.1. The molecule has 0 saturated heterocycles. The van der Waals surface area contributed by atoms with Gasteiger partial charge < -0.3 is 10.1 Å². The molecule has 1 amide bonds. The largest absolute Gasteiger partial charge is 0.455 e. The Kier molecular flexibility index (Phi) is 5.59. The minimum absolute atomic E-state index is 0.185. The highest BCUT2D eigenvalue weighted by molar-refractivity contribution is 9.10. The lowest BCUT2D eigenvalue weighted by atomic mass is 10.2. The van der Waals surface area contributed by atoms with Crippen molar-refractivity contribution in [2.75, 3.05) is 6.61 Å². The van der Waals surface area contributed by atoms with E-state index in [-0.39, 0.29) is 30.9 Å². The first-order valence-electron chi connectivity index (χ1n) is 6.83. The van der Waals surface area contributed by atoms with Crippen LogP contribution in [-0.2, 0) is 20.7 Å². The zero-order valence-corrected chi connectivity index (χ0v) is 12.8. The summed E-state index contributed by atoms with van der Waals surface area (Å²) >= 11 is 3.33. The van der Waals surface area contributed by atoms with Crippen LogP contribution in [0.4, 0.5) is 0 Å². The Labute approximate surface area is 127 Å². The highest BCUT2D eigenvalue weighted by Gasteiger charge is 2.17. The molecule has 20 heavy (non-hydrogen) atoms. The third kappa shape index (κ3) is 4.96. The number of amides is 1. The maximum absolute atomic E-state index is 11.6. The minimum atomic E-state index is -0.381. The van der Waals surface area contributed by atoms with E-state index in [9.17, 15) is 9.59 Å². The molecule has 108 valence electrons. The van der Waals surface area contributed by atoms with E-state index < -0.39 is 0 Å². The average molecular weight is 340 g/mol. The zero-order valence-electron chi connectivity index (χ0n) is 11.2. The second-order valence-corrected chi connectivity index (χ2v) is 5.93. The van der Waals surface area contributed by atoms with Crippen LogP contribution in [0.3, 0.4) is 0 Å². The molecular weight excluding hydrogens is 322 g/mol. The third-order valence-corrected chi connectivity index (χ3v) is 3.87. The third-order valence-electron chi connectivity index (χ3n) is 3.35. The topological polar surface area (TPSA) is 55.4 Å². The maximum Gasteiger partial charge on any atom is 0.310 e. The summed E-state index contributed by atoms with van der Waals surface area (Å²) in [5.74, 6) is -0.588. The van der Waals surface area contributed by atoms with Crippen molar-refractivity contribution < 1.29 is 14.3 Å². The molecule has 1 saturated carbocycles. The number of hydrogen-bond acceptors (Lipinski definition) is 3. The van der Waals surface area contributed by atoms with Crippen molar-refractivity contribution in [3.05, 3.63) is 34.3 Å². The SMILES string of the molecule is O=C(COC(=O)Cc1ccc(Br)cc1)NC1CCCC1. The standard InChI is InChI=1S/C15H18BrNO3/c16-12-7-5-11(6-8-12)9-15(19)20-10-14(18)17-13-3-1-2-4-13/h5-8,13H,1-4,9-10H2,(H,17,18). The zero-order chi connectivity index (χ0) is 14.4. The van der Waals surface area contributed by atoms with Crippen molar-refractivity contribution in [1.82, 2.24) is 5.32 Å². The van der Waals surface area contributed by atoms with Gasteiger partial charge in [0.25, 0.3) is 5.91 Å². The number of rotatable bonds is 5. The van der Waals surface area contributed by atoms with Crippen molar-refractivity contribution in [3.8, 4) is 0 Å². The van der Waals surface area contributed by atoms with E-state index in [1.54, 1.807) is 0 Å². The number of hydrogen-bond donors (Lipinski definition) is 1. The molecule has 0 spiro atoms. The first-order valence-corrected chi connectivity index (χ1v) is 7.62. The molecule has 0 heterocycles. The number of carbonyl (C=O) groups is 2. The van der Waals surface area contributed by atoms with Gasteiger partial charge in [0.1, 0.15) is 0 Å². The van der Waals surface area contributed by atoms with Crippen molar-refractivity contribution in [2.45, 2.75) is 38.1 Å². The Morgan fingerprint density at radius 3 is 2.50 bits per heavy atom. The number of benzene rings is 1. The monoisotopic (exact) mass is 339 g/mol. The summed E-state index contributed by atoms with van der Waals surface area (Å²) < 4.78 is 5.95. The highest BCUT2D eigenvalue weighted by Crippen LogP contribution is 2.17. The van der Waals surface area contributed by atoms with Crippen LogP contribution in [0.2, 0.25) is 0 Å². The van der Waals surface area contributed by atoms with Crippen LogP contribution in [0.15, 0.2) is 28.7 Å². The fourth-order valence-corrected chi connectivity index (χ4v) is 2.57. The van der Waals surface area contributed by atoms with Crippen LogP contribution in [0.5, 0.6) is 0 Å². The van der Waals surface area contributed by atoms with Gasteiger partial charge in [0.2, 0.25) is 0 Å². The summed E-state index contributed by atoms with van der Waals surface area (Å²) in [4.78, 5) is 23.2. The minimum Gasteiger partial charge on any atom is -0.455 e. The van der Waals surface area contributed by atoms with Crippen molar-refractivity contribution >= 4 is 27.8 Å². The Morgan fingerprint density at radius 2 is 1.85 bits per heavy atom. The molecule has 1 aromatic rings. The predicted molar refractivity (Wildman–Crippen MR) is 79.2 cm³/mol. The molecule has 5 heteroatoms. The lowest BCUT2D eigenvalue weighted by molar-refractivity contribution is -0.148. The summed E-state index contributed by atoms with van der Waals surface area (Å²) in [6.07, 6.45) is 4.56. The molecule has 0 atom stereocenters. The summed E-state index contributed by atoms with van der Waals surface area (Å²) in [5, 5.41) is 2.88. The van der Waals surface area contributed by atoms with Crippen LogP contribution in [0.25, 0.3) is 0 Å². The summed E-state index contributed by atoms with van der Waals surface area (Å²) in [6.45, 7) is -0.189. The fraction of sp³-hybridized carbons (Fsp3) is 0.467. The summed E-state index contributed by atoms with van der Waals surface area (Å²) in [6, 6.07) is 7.70. The van der Waals surface area contributed by atoms with Crippen molar-refractivity contribution in [3.63, 3.8) is 0 Å². The average Bonchev–Trinajstić information content (AvgIpc) is 2.92. The van der Waals surface area contributed by atoms with Gasteiger partial charge in [-0.15, -0.1) is 0 Å². The van der Waals surface area contributed by atoms with Crippen LogP contribution in [-0.4, -0.2) is 24.5 Å². The molecule has 0 radical (unpaired) electrons. The van der Waals surface area contributed by atoms with Crippen LogP contribution in [0, 0.1) is 0 Å². The maximum atomic E-state index is 11.6. The quantitative estimate of drug-likeness (QED) is 0.839.